The van der Waals surface area contributed by atoms with E-state index < -0.39 is 6.55 Å². The smallest absolute Gasteiger partial charge is 0.210 e. The maximum absolute atomic E-state index is 12.2. The fraction of sp³-hybridized carbons (Fsp3) is 0.125. The van der Waals surface area contributed by atoms with E-state index >= 15 is 0 Å². The van der Waals surface area contributed by atoms with Gasteiger partial charge in [-0.15, -0.1) is 12.6 Å². The third-order valence-corrected chi connectivity index (χ3v) is 1.99. The molecule has 1 heterocycles. The molecule has 0 fully saturated rings. The van der Waals surface area contributed by atoms with Crippen LogP contribution in [-0.4, -0.2) is 9.78 Å². The zero-order chi connectivity index (χ0) is 9.42. The highest BCUT2D eigenvalue weighted by Gasteiger charge is 2.07. The molecular weight excluding hydrogens is 194 g/mol. The Balaban J connectivity index is 2.62. The van der Waals surface area contributed by atoms with Crippen LogP contribution in [0, 0.1) is 0 Å². The first kappa shape index (κ1) is 8.50. The van der Waals surface area contributed by atoms with Crippen molar-refractivity contribution in [3.8, 4) is 0 Å². The highest BCUT2D eigenvalue weighted by atomic mass is 32.1. The van der Waals surface area contributed by atoms with E-state index in [0.29, 0.717) is 20.5 Å². The third-order valence-electron chi connectivity index (χ3n) is 1.71. The van der Waals surface area contributed by atoms with E-state index in [1.165, 1.54) is 6.20 Å². The predicted molar refractivity (Wildman–Crippen MR) is 48.2 cm³/mol. The van der Waals surface area contributed by atoms with Gasteiger partial charge in [0, 0.05) is 16.5 Å². The number of fused-ring (bicyclic) bond motifs is 1. The van der Waals surface area contributed by atoms with E-state index in [-0.39, 0.29) is 0 Å². The average Bonchev–Trinajstić information content (AvgIpc) is 2.46. The summed E-state index contributed by atoms with van der Waals surface area (Å²) in [5.41, 5.74) is 0.535. The van der Waals surface area contributed by atoms with Crippen LogP contribution in [0.15, 0.2) is 29.3 Å². The first-order chi connectivity index (χ1) is 6.16. The number of hydrogen-bond acceptors (Lipinski definition) is 2. The van der Waals surface area contributed by atoms with Gasteiger partial charge in [-0.1, -0.05) is 6.07 Å². The van der Waals surface area contributed by atoms with Crippen molar-refractivity contribution in [1.29, 1.82) is 0 Å². The Bertz CT molecular complexity index is 439. The second kappa shape index (κ2) is 2.99. The lowest BCUT2D eigenvalue weighted by Gasteiger charge is -1.94. The van der Waals surface area contributed by atoms with E-state index in [0.717, 1.165) is 0 Å². The first-order valence-corrected chi connectivity index (χ1v) is 4.07. The fourth-order valence-electron chi connectivity index (χ4n) is 1.12. The van der Waals surface area contributed by atoms with Crippen LogP contribution in [0.3, 0.4) is 0 Å². The highest BCUT2D eigenvalue weighted by Crippen LogP contribution is 2.19. The molecule has 13 heavy (non-hydrogen) atoms. The zero-order valence-electron chi connectivity index (χ0n) is 6.48. The first-order valence-electron chi connectivity index (χ1n) is 3.63. The second-order valence-corrected chi connectivity index (χ2v) is 3.15. The van der Waals surface area contributed by atoms with Gasteiger partial charge in [-0.05, 0) is 12.1 Å². The molecule has 0 saturated carbocycles. The minimum absolute atomic E-state index is 0.535. The van der Waals surface area contributed by atoms with Crippen LogP contribution in [0.25, 0.3) is 10.9 Å². The summed E-state index contributed by atoms with van der Waals surface area (Å²) in [6.45, 7) is -2.59. The van der Waals surface area contributed by atoms with E-state index in [2.05, 4.69) is 17.7 Å². The maximum atomic E-state index is 12.2. The van der Waals surface area contributed by atoms with E-state index in [9.17, 15) is 8.78 Å². The summed E-state index contributed by atoms with van der Waals surface area (Å²) in [5, 5.41) is 4.38. The Kier molecular flexibility index (Phi) is 1.95. The van der Waals surface area contributed by atoms with Gasteiger partial charge in [-0.2, -0.15) is 13.9 Å². The Morgan fingerprint density at radius 2 is 2.15 bits per heavy atom. The van der Waals surface area contributed by atoms with Crippen molar-refractivity contribution in [2.45, 2.75) is 11.4 Å². The minimum atomic E-state index is -2.59. The molecule has 0 radical (unpaired) electrons. The molecular formula is C8H6F2N2S. The number of thiol groups is 1. The van der Waals surface area contributed by atoms with E-state index in [1.807, 2.05) is 0 Å². The van der Waals surface area contributed by atoms with Crippen LogP contribution in [-0.2, 0) is 0 Å². The van der Waals surface area contributed by atoms with Gasteiger partial charge in [0.05, 0.1) is 5.52 Å². The van der Waals surface area contributed by atoms with Crippen LogP contribution in [0.5, 0.6) is 0 Å². The van der Waals surface area contributed by atoms with Gasteiger partial charge < -0.3 is 0 Å². The standard InChI is InChI=1S/C8H6F2N2S/c9-8(10)12-4-5-1-2-6(13)3-7(5)11-12/h1-4,8,13H. The lowest BCUT2D eigenvalue weighted by Crippen LogP contribution is -1.96. The highest BCUT2D eigenvalue weighted by molar-refractivity contribution is 7.80. The van der Waals surface area contributed by atoms with Crippen molar-refractivity contribution in [3.63, 3.8) is 0 Å². The molecule has 0 aliphatic carbocycles. The SMILES string of the molecule is FC(F)n1cc2ccc(S)cc2n1. The summed E-state index contributed by atoms with van der Waals surface area (Å²) in [4.78, 5) is 0.715. The Hall–Kier alpha value is -1.10. The number of nitrogens with zero attached hydrogens (tertiary/aromatic N) is 2. The van der Waals surface area contributed by atoms with Crippen molar-refractivity contribution in [2.75, 3.05) is 0 Å². The molecule has 2 rings (SSSR count). The minimum Gasteiger partial charge on any atom is -0.210 e. The number of alkyl halides is 2. The zero-order valence-corrected chi connectivity index (χ0v) is 7.38. The molecule has 5 heteroatoms. The quantitative estimate of drug-likeness (QED) is 0.701. The van der Waals surface area contributed by atoms with E-state index in [4.69, 9.17) is 0 Å². The van der Waals surface area contributed by atoms with Gasteiger partial charge in [0.1, 0.15) is 0 Å². The number of halogens is 2. The summed E-state index contributed by atoms with van der Waals surface area (Å²) < 4.78 is 25.0. The topological polar surface area (TPSA) is 17.8 Å². The molecule has 0 unspecified atom stereocenters. The molecule has 0 spiro atoms. The normalized spacial score (nSPS) is 11.4. The lowest BCUT2D eigenvalue weighted by molar-refractivity contribution is 0.0574. The molecule has 0 aliphatic rings. The maximum Gasteiger partial charge on any atom is 0.333 e. The molecule has 1 aromatic heterocycles. The Morgan fingerprint density at radius 3 is 2.85 bits per heavy atom. The van der Waals surface area contributed by atoms with Gasteiger partial charge in [-0.25, -0.2) is 4.68 Å². The van der Waals surface area contributed by atoms with Gasteiger partial charge in [0.2, 0.25) is 0 Å². The van der Waals surface area contributed by atoms with Crippen LogP contribution < -0.4 is 0 Å². The molecule has 0 aliphatic heterocycles. The molecule has 68 valence electrons. The number of aromatic nitrogens is 2. The summed E-state index contributed by atoms with van der Waals surface area (Å²) in [6, 6.07) is 5.10. The summed E-state index contributed by atoms with van der Waals surface area (Å²) in [7, 11) is 0. The lowest BCUT2D eigenvalue weighted by atomic mass is 10.3. The molecule has 2 aromatic rings. The van der Waals surface area contributed by atoms with E-state index in [1.54, 1.807) is 18.2 Å². The van der Waals surface area contributed by atoms with Crippen LogP contribution in [0.2, 0.25) is 0 Å². The average molecular weight is 200 g/mol. The molecule has 2 nitrogen and oxygen atoms in total. The fourth-order valence-corrected chi connectivity index (χ4v) is 1.32. The summed E-state index contributed by atoms with van der Waals surface area (Å²) >= 11 is 4.08. The van der Waals surface area contributed by atoms with Gasteiger partial charge in [-0.3, -0.25) is 0 Å². The van der Waals surface area contributed by atoms with Crippen molar-refractivity contribution < 1.29 is 8.78 Å². The number of rotatable bonds is 1. The van der Waals surface area contributed by atoms with Crippen LogP contribution >= 0.6 is 12.6 Å². The Labute approximate surface area is 78.6 Å². The molecule has 0 N–H and O–H groups in total. The van der Waals surface area contributed by atoms with Crippen LogP contribution in [0.1, 0.15) is 6.55 Å². The van der Waals surface area contributed by atoms with Gasteiger partial charge in [0.25, 0.3) is 0 Å². The molecule has 0 bridgehead atoms. The molecule has 1 aromatic carbocycles. The summed E-state index contributed by atoms with van der Waals surface area (Å²) in [6.07, 6.45) is 1.31. The number of benzene rings is 1. The van der Waals surface area contributed by atoms with Gasteiger partial charge in [0.15, 0.2) is 0 Å². The van der Waals surface area contributed by atoms with Crippen LogP contribution in [0.4, 0.5) is 8.78 Å². The molecule has 0 saturated heterocycles. The summed E-state index contributed by atoms with van der Waals surface area (Å²) in [5.74, 6) is 0. The Morgan fingerprint density at radius 1 is 1.38 bits per heavy atom. The largest absolute Gasteiger partial charge is 0.333 e. The number of hydrogen-bond donors (Lipinski definition) is 1. The van der Waals surface area contributed by atoms with Crippen molar-refractivity contribution in [1.82, 2.24) is 9.78 Å². The van der Waals surface area contributed by atoms with Crippen molar-refractivity contribution >= 4 is 23.5 Å². The van der Waals surface area contributed by atoms with Crippen molar-refractivity contribution in [2.24, 2.45) is 0 Å². The third kappa shape index (κ3) is 1.51. The second-order valence-electron chi connectivity index (χ2n) is 2.63. The molecule has 0 amide bonds. The van der Waals surface area contributed by atoms with Gasteiger partial charge >= 0.3 is 6.55 Å². The molecule has 0 atom stereocenters. The predicted octanol–water partition coefficient (Wildman–Crippen LogP) is 2.72. The van der Waals surface area contributed by atoms with Crippen molar-refractivity contribution in [3.05, 3.63) is 24.4 Å². The monoisotopic (exact) mass is 200 g/mol.